The molecule has 0 saturated carbocycles. The van der Waals surface area contributed by atoms with Crippen LogP contribution in [0.15, 0.2) is 57.9 Å². The Balaban J connectivity index is 1.66. The van der Waals surface area contributed by atoms with Crippen molar-refractivity contribution >= 4 is 5.91 Å². The van der Waals surface area contributed by atoms with E-state index < -0.39 is 23.6 Å². The van der Waals surface area contributed by atoms with Gasteiger partial charge in [0.25, 0.3) is 0 Å². The van der Waals surface area contributed by atoms with Gasteiger partial charge in [0.2, 0.25) is 5.91 Å². The van der Waals surface area contributed by atoms with Crippen molar-refractivity contribution in [3.8, 4) is 11.5 Å². The molecule has 0 N–H and O–H groups in total. The molecule has 10 nitrogen and oxygen atoms in total. The summed E-state index contributed by atoms with van der Waals surface area (Å²) in [6.45, 7) is 7.95. The van der Waals surface area contributed by atoms with E-state index in [4.69, 9.17) is 9.47 Å². The third-order valence-electron chi connectivity index (χ3n) is 5.83. The smallest absolute Gasteiger partial charge is 0.337 e. The molecule has 1 amide bonds. The van der Waals surface area contributed by atoms with Crippen LogP contribution in [0.1, 0.15) is 24.4 Å². The summed E-state index contributed by atoms with van der Waals surface area (Å²) in [6.07, 6.45) is 4.31. The van der Waals surface area contributed by atoms with Crippen molar-refractivity contribution < 1.29 is 14.3 Å². The van der Waals surface area contributed by atoms with Crippen LogP contribution in [0.5, 0.6) is 11.5 Å². The van der Waals surface area contributed by atoms with E-state index in [1.54, 1.807) is 4.90 Å². The second-order valence-corrected chi connectivity index (χ2v) is 7.88. The van der Waals surface area contributed by atoms with Gasteiger partial charge in [-0.05, 0) is 30.5 Å². The maximum Gasteiger partial charge on any atom is 0.337 e. The normalized spacial score (nSPS) is 17.1. The van der Waals surface area contributed by atoms with Crippen LogP contribution in [0.2, 0.25) is 0 Å². The van der Waals surface area contributed by atoms with Crippen molar-refractivity contribution in [2.45, 2.75) is 38.5 Å². The predicted octanol–water partition coefficient (Wildman–Crippen LogP) is 0.679. The van der Waals surface area contributed by atoms with Gasteiger partial charge in [-0.15, -0.1) is 13.2 Å². The van der Waals surface area contributed by atoms with Crippen LogP contribution in [-0.2, 0) is 24.4 Å². The molecule has 4 rings (SSSR count). The Labute approximate surface area is 189 Å². The van der Waals surface area contributed by atoms with Crippen LogP contribution < -0.4 is 26.5 Å². The van der Waals surface area contributed by atoms with Crippen LogP contribution in [0, 0.1) is 0 Å². The maximum atomic E-state index is 13.2. The summed E-state index contributed by atoms with van der Waals surface area (Å²) in [5, 5.41) is 0. The molecule has 174 valence electrons. The average Bonchev–Trinajstić information content (AvgIpc) is 3.32. The van der Waals surface area contributed by atoms with Gasteiger partial charge in [0.15, 0.2) is 11.5 Å². The number of fused-ring (bicyclic) bond motifs is 1. The topological polar surface area (TPSA) is 105 Å². The van der Waals surface area contributed by atoms with Crippen LogP contribution in [0.4, 0.5) is 0 Å². The van der Waals surface area contributed by atoms with Gasteiger partial charge in [-0.3, -0.25) is 4.79 Å². The molecule has 10 heteroatoms. The summed E-state index contributed by atoms with van der Waals surface area (Å²) in [5.74, 6) is 0.929. The minimum atomic E-state index is -0.839. The van der Waals surface area contributed by atoms with Gasteiger partial charge in [0.05, 0.1) is 19.1 Å². The van der Waals surface area contributed by atoms with Crippen molar-refractivity contribution in [2.24, 2.45) is 0 Å². The van der Waals surface area contributed by atoms with E-state index in [1.807, 2.05) is 18.2 Å². The summed E-state index contributed by atoms with van der Waals surface area (Å²) in [5.41, 5.74) is -1.54. The zero-order valence-corrected chi connectivity index (χ0v) is 18.3. The lowest BCUT2D eigenvalue weighted by molar-refractivity contribution is -0.133. The Bertz CT molecular complexity index is 1220. The molecular formula is C23H26N4O6. The number of carbonyl (C=O) groups excluding carboxylic acids is 1. The highest BCUT2D eigenvalue weighted by molar-refractivity contribution is 5.77. The third kappa shape index (κ3) is 4.15. The summed E-state index contributed by atoms with van der Waals surface area (Å²) < 4.78 is 13.8. The van der Waals surface area contributed by atoms with Gasteiger partial charge >= 0.3 is 17.1 Å². The first kappa shape index (κ1) is 22.4. The van der Waals surface area contributed by atoms with E-state index in [0.717, 1.165) is 32.1 Å². The lowest BCUT2D eigenvalue weighted by Crippen LogP contribution is -2.55. The molecule has 2 aliphatic heterocycles. The first-order chi connectivity index (χ1) is 16.0. The number of likely N-dealkylation sites (tertiary alicyclic amines) is 1. The van der Waals surface area contributed by atoms with E-state index in [0.29, 0.717) is 31.3 Å². The monoisotopic (exact) mass is 454 g/mol. The minimum Gasteiger partial charge on any atom is -0.486 e. The highest BCUT2D eigenvalue weighted by Crippen LogP contribution is 2.38. The summed E-state index contributed by atoms with van der Waals surface area (Å²) in [7, 11) is 0. The first-order valence-corrected chi connectivity index (χ1v) is 10.8. The zero-order chi connectivity index (χ0) is 23.5. The molecule has 3 heterocycles. The summed E-state index contributed by atoms with van der Waals surface area (Å²) >= 11 is 0. The maximum absolute atomic E-state index is 13.2. The van der Waals surface area contributed by atoms with Crippen molar-refractivity contribution in [1.29, 1.82) is 0 Å². The second kappa shape index (κ2) is 9.35. The molecule has 0 spiro atoms. The molecule has 0 bridgehead atoms. The highest BCUT2D eigenvalue weighted by Gasteiger charge is 2.32. The van der Waals surface area contributed by atoms with Gasteiger partial charge in [-0.2, -0.15) is 0 Å². The average molecular weight is 454 g/mol. The number of amides is 1. The van der Waals surface area contributed by atoms with Crippen molar-refractivity contribution in [2.75, 3.05) is 19.8 Å². The SMILES string of the molecule is C=CCn1c(=O)n(CC=C)c(=O)n(CC(=O)N2CCCC2c2ccc3c(c2)OCCO3)c1=O. The Morgan fingerprint density at radius 1 is 0.939 bits per heavy atom. The number of ether oxygens (including phenoxy) is 2. The Morgan fingerprint density at radius 3 is 2.18 bits per heavy atom. The molecular weight excluding hydrogens is 428 g/mol. The molecule has 1 unspecified atom stereocenters. The molecule has 1 saturated heterocycles. The first-order valence-electron chi connectivity index (χ1n) is 10.8. The van der Waals surface area contributed by atoms with E-state index in [2.05, 4.69) is 13.2 Å². The number of allylic oxidation sites excluding steroid dienone is 2. The Morgan fingerprint density at radius 2 is 1.55 bits per heavy atom. The van der Waals surface area contributed by atoms with Crippen LogP contribution in [-0.4, -0.2) is 44.3 Å². The summed E-state index contributed by atoms with van der Waals surface area (Å²) in [6, 6.07) is 5.39. The molecule has 1 atom stereocenters. The number of carbonyl (C=O) groups is 1. The van der Waals surface area contributed by atoms with Gasteiger partial charge in [0.1, 0.15) is 19.8 Å². The van der Waals surface area contributed by atoms with Gasteiger partial charge in [-0.25, -0.2) is 28.1 Å². The number of nitrogens with zero attached hydrogens (tertiary/aromatic N) is 4. The Hall–Kier alpha value is -3.82. The quantitative estimate of drug-likeness (QED) is 0.570. The van der Waals surface area contributed by atoms with Gasteiger partial charge in [-0.1, -0.05) is 18.2 Å². The largest absolute Gasteiger partial charge is 0.486 e. The molecule has 1 aromatic carbocycles. The van der Waals surface area contributed by atoms with Gasteiger partial charge < -0.3 is 14.4 Å². The number of aromatic nitrogens is 3. The third-order valence-corrected chi connectivity index (χ3v) is 5.83. The van der Waals surface area contributed by atoms with E-state index in [1.165, 1.54) is 12.2 Å². The summed E-state index contributed by atoms with van der Waals surface area (Å²) in [4.78, 5) is 53.2. The number of benzene rings is 1. The fourth-order valence-electron chi connectivity index (χ4n) is 4.29. The number of hydrogen-bond donors (Lipinski definition) is 0. The highest BCUT2D eigenvalue weighted by atomic mass is 16.6. The van der Waals surface area contributed by atoms with E-state index >= 15 is 0 Å². The van der Waals surface area contributed by atoms with Crippen LogP contribution in [0.3, 0.4) is 0 Å². The molecule has 33 heavy (non-hydrogen) atoms. The predicted molar refractivity (Wildman–Crippen MR) is 121 cm³/mol. The van der Waals surface area contributed by atoms with Crippen LogP contribution >= 0.6 is 0 Å². The lowest BCUT2D eigenvalue weighted by Gasteiger charge is -2.27. The molecule has 1 aromatic heterocycles. The molecule has 1 fully saturated rings. The fraction of sp³-hybridized carbons (Fsp3) is 0.391. The van der Waals surface area contributed by atoms with Crippen molar-refractivity contribution in [3.05, 3.63) is 80.5 Å². The van der Waals surface area contributed by atoms with Crippen LogP contribution in [0.25, 0.3) is 0 Å². The molecule has 2 aliphatic rings. The van der Waals surface area contributed by atoms with E-state index in [-0.39, 0.29) is 25.0 Å². The number of rotatable bonds is 7. The lowest BCUT2D eigenvalue weighted by atomic mass is 10.0. The molecule has 2 aromatic rings. The Kier molecular flexibility index (Phi) is 6.34. The second-order valence-electron chi connectivity index (χ2n) is 7.88. The molecule has 0 aliphatic carbocycles. The fourth-order valence-corrected chi connectivity index (χ4v) is 4.29. The molecule has 0 radical (unpaired) electrons. The van der Waals surface area contributed by atoms with Gasteiger partial charge in [0, 0.05) is 6.54 Å². The van der Waals surface area contributed by atoms with E-state index in [9.17, 15) is 19.2 Å². The standard InChI is InChI=1S/C23H26N4O6/c1-3-9-25-21(29)26(10-4-2)23(31)27(22(25)30)15-20(28)24-11-5-6-17(24)16-7-8-18-19(14-16)33-13-12-32-18/h3-4,7-8,14,17H,1-2,5-6,9-13,15H2. The van der Waals surface area contributed by atoms with Crippen molar-refractivity contribution in [1.82, 2.24) is 18.6 Å². The zero-order valence-electron chi connectivity index (χ0n) is 18.3. The van der Waals surface area contributed by atoms with Crippen molar-refractivity contribution in [3.63, 3.8) is 0 Å². The number of hydrogen-bond acceptors (Lipinski definition) is 6. The minimum absolute atomic E-state index is 0.0766.